The van der Waals surface area contributed by atoms with E-state index >= 15 is 0 Å². The summed E-state index contributed by atoms with van der Waals surface area (Å²) in [7, 11) is 0. The topological polar surface area (TPSA) is 62.7 Å². The van der Waals surface area contributed by atoms with Crippen molar-refractivity contribution in [2.24, 2.45) is 0 Å². The molecule has 4 nitrogen and oxygen atoms in total. The van der Waals surface area contributed by atoms with Crippen molar-refractivity contribution >= 4 is 44.0 Å². The highest BCUT2D eigenvalue weighted by molar-refractivity contribution is 6.18. The van der Waals surface area contributed by atoms with Crippen molar-refractivity contribution in [1.82, 2.24) is 9.97 Å². The lowest BCUT2D eigenvalue weighted by atomic mass is 9.67. The minimum atomic E-state index is -0.578. The van der Waals surface area contributed by atoms with Crippen LogP contribution in [0.15, 0.2) is 180 Å². The van der Waals surface area contributed by atoms with Crippen molar-refractivity contribution in [2.45, 2.75) is 5.41 Å². The first kappa shape index (κ1) is 30.3. The van der Waals surface area contributed by atoms with Crippen LogP contribution < -0.4 is 0 Å². The predicted molar refractivity (Wildman–Crippen MR) is 217 cm³/mol. The Bertz CT molecular complexity index is 3120. The van der Waals surface area contributed by atoms with Gasteiger partial charge in [-0.1, -0.05) is 133 Å². The molecule has 0 saturated carbocycles. The van der Waals surface area contributed by atoms with Crippen LogP contribution in [-0.2, 0) is 5.41 Å². The summed E-state index contributed by atoms with van der Waals surface area (Å²) in [4.78, 5) is 9.70. The van der Waals surface area contributed by atoms with E-state index in [1.807, 2.05) is 36.4 Å². The van der Waals surface area contributed by atoms with Crippen molar-refractivity contribution in [3.63, 3.8) is 0 Å². The third-order valence-corrected chi connectivity index (χ3v) is 11.2. The molecule has 1 aliphatic rings. The number of rotatable bonds is 4. The van der Waals surface area contributed by atoms with Gasteiger partial charge in [0, 0.05) is 0 Å². The smallest absolute Gasteiger partial charge is 0.246 e. The Balaban J connectivity index is 1.02. The van der Waals surface area contributed by atoms with E-state index in [9.17, 15) is 5.26 Å². The summed E-state index contributed by atoms with van der Waals surface area (Å²) in [5.41, 5.74) is 15.5. The Kier molecular flexibility index (Phi) is 6.50. The SMILES string of the molecule is N#Cc1ccc2c(c1)C(c1ccccc1)(c1ccccc1)c1cc(-c3ccc(-c4ccc5c(ccc6oc7nc8ccccc8nc7c65)c4)cc3)ccc1-2. The summed E-state index contributed by atoms with van der Waals surface area (Å²) in [6.45, 7) is 0. The third kappa shape index (κ3) is 4.36. The van der Waals surface area contributed by atoms with Gasteiger partial charge in [-0.15, -0.1) is 0 Å². The minimum Gasteiger partial charge on any atom is -0.436 e. The Morgan fingerprint density at radius 3 is 1.76 bits per heavy atom. The Morgan fingerprint density at radius 1 is 0.500 bits per heavy atom. The maximum Gasteiger partial charge on any atom is 0.246 e. The zero-order valence-electron chi connectivity index (χ0n) is 29.0. The van der Waals surface area contributed by atoms with Gasteiger partial charge in [-0.2, -0.15) is 5.26 Å². The fourth-order valence-electron chi connectivity index (χ4n) is 8.73. The second-order valence-corrected chi connectivity index (χ2v) is 14.0. The van der Waals surface area contributed by atoms with Crippen LogP contribution in [0, 0.1) is 11.3 Å². The van der Waals surface area contributed by atoms with Crippen molar-refractivity contribution in [3.05, 3.63) is 204 Å². The number of benzene rings is 8. The van der Waals surface area contributed by atoms with Gasteiger partial charge in [-0.25, -0.2) is 9.97 Å². The molecule has 0 aliphatic heterocycles. The summed E-state index contributed by atoms with van der Waals surface area (Å²) >= 11 is 0. The number of fused-ring (bicyclic) bond motifs is 9. The maximum absolute atomic E-state index is 9.99. The number of furan rings is 1. The van der Waals surface area contributed by atoms with E-state index in [2.05, 4.69) is 146 Å². The maximum atomic E-state index is 9.99. The Morgan fingerprint density at radius 2 is 1.07 bits per heavy atom. The molecular formula is C50H29N3O. The third-order valence-electron chi connectivity index (χ3n) is 11.2. The van der Waals surface area contributed by atoms with Crippen LogP contribution in [0.25, 0.3) is 77.4 Å². The van der Waals surface area contributed by atoms with Gasteiger partial charge in [0.05, 0.1) is 33.5 Å². The van der Waals surface area contributed by atoms with Crippen LogP contribution in [0.4, 0.5) is 0 Å². The number of nitriles is 1. The van der Waals surface area contributed by atoms with Crippen LogP contribution in [0.2, 0.25) is 0 Å². The van der Waals surface area contributed by atoms with E-state index in [-0.39, 0.29) is 0 Å². The van der Waals surface area contributed by atoms with Crippen molar-refractivity contribution in [3.8, 4) is 39.4 Å². The first-order valence-corrected chi connectivity index (χ1v) is 18.1. The number of para-hydroxylation sites is 2. The number of aromatic nitrogens is 2. The molecule has 2 heterocycles. The van der Waals surface area contributed by atoms with Gasteiger partial charge in [0.25, 0.3) is 0 Å². The fourth-order valence-corrected chi connectivity index (χ4v) is 8.73. The summed E-state index contributed by atoms with van der Waals surface area (Å²) in [6.07, 6.45) is 0. The van der Waals surface area contributed by atoms with Gasteiger partial charge in [0.15, 0.2) is 0 Å². The van der Waals surface area contributed by atoms with Crippen LogP contribution in [0.1, 0.15) is 27.8 Å². The zero-order valence-corrected chi connectivity index (χ0v) is 29.0. The highest BCUT2D eigenvalue weighted by Gasteiger charge is 2.46. The molecule has 0 fully saturated rings. The van der Waals surface area contributed by atoms with Crippen LogP contribution in [0.5, 0.6) is 0 Å². The summed E-state index contributed by atoms with van der Waals surface area (Å²) in [6, 6.07) is 64.3. The molecular weight excluding hydrogens is 659 g/mol. The first-order chi connectivity index (χ1) is 26.7. The Labute approximate surface area is 311 Å². The normalized spacial score (nSPS) is 12.9. The molecule has 0 N–H and O–H groups in total. The van der Waals surface area contributed by atoms with Crippen LogP contribution in [0.3, 0.4) is 0 Å². The van der Waals surface area contributed by atoms with Gasteiger partial charge in [0.2, 0.25) is 5.71 Å². The van der Waals surface area contributed by atoms with Crippen molar-refractivity contribution in [1.29, 1.82) is 5.26 Å². The second-order valence-electron chi connectivity index (χ2n) is 14.0. The fraction of sp³-hybridized carbons (Fsp3) is 0.0200. The second kappa shape index (κ2) is 11.6. The number of hydrogen-bond acceptors (Lipinski definition) is 4. The molecule has 250 valence electrons. The molecule has 0 atom stereocenters. The zero-order chi connectivity index (χ0) is 35.8. The molecule has 54 heavy (non-hydrogen) atoms. The van der Waals surface area contributed by atoms with Gasteiger partial charge in [0.1, 0.15) is 11.1 Å². The molecule has 0 saturated heterocycles. The predicted octanol–water partition coefficient (Wildman–Crippen LogP) is 12.3. The number of nitrogens with zero attached hydrogens (tertiary/aromatic N) is 3. The monoisotopic (exact) mass is 687 g/mol. The highest BCUT2D eigenvalue weighted by Crippen LogP contribution is 2.57. The van der Waals surface area contributed by atoms with E-state index in [0.29, 0.717) is 11.3 Å². The van der Waals surface area contributed by atoms with Crippen molar-refractivity contribution in [2.75, 3.05) is 0 Å². The molecule has 8 aromatic carbocycles. The summed E-state index contributed by atoms with van der Waals surface area (Å²) in [5.74, 6) is 0. The molecule has 4 heteroatoms. The number of hydrogen-bond donors (Lipinski definition) is 0. The average Bonchev–Trinajstić information content (AvgIpc) is 3.75. The molecule has 0 radical (unpaired) electrons. The molecule has 11 rings (SSSR count). The quantitative estimate of drug-likeness (QED) is 0.185. The summed E-state index contributed by atoms with van der Waals surface area (Å²) < 4.78 is 6.17. The Hall–Kier alpha value is -7.35. The van der Waals surface area contributed by atoms with E-state index in [4.69, 9.17) is 14.4 Å². The van der Waals surface area contributed by atoms with E-state index in [1.54, 1.807) is 0 Å². The van der Waals surface area contributed by atoms with Gasteiger partial charge in [-0.3, -0.25) is 0 Å². The van der Waals surface area contributed by atoms with Crippen molar-refractivity contribution < 1.29 is 4.42 Å². The minimum absolute atomic E-state index is 0.558. The standard InChI is InChI=1S/C50H29N3O/c51-30-31-15-23-40-41-25-21-35(29-43(41)50(42(40)27-31,37-9-3-1-4-10-37)38-11-5-2-6-12-38)33-18-16-32(17-19-33)34-20-24-39-36(28-34)22-26-46-47(39)48-49(54-46)53-45-14-8-7-13-44(45)52-48/h1-29H. The van der Waals surface area contributed by atoms with Gasteiger partial charge in [-0.05, 0) is 109 Å². The summed E-state index contributed by atoms with van der Waals surface area (Å²) in [5, 5.41) is 13.2. The molecule has 0 unspecified atom stereocenters. The largest absolute Gasteiger partial charge is 0.436 e. The molecule has 10 aromatic rings. The van der Waals surface area contributed by atoms with E-state index in [0.717, 1.165) is 71.7 Å². The van der Waals surface area contributed by atoms with E-state index in [1.165, 1.54) is 22.3 Å². The first-order valence-electron chi connectivity index (χ1n) is 18.1. The van der Waals surface area contributed by atoms with Crippen LogP contribution in [-0.4, -0.2) is 9.97 Å². The van der Waals surface area contributed by atoms with Gasteiger partial charge < -0.3 is 4.42 Å². The van der Waals surface area contributed by atoms with Gasteiger partial charge >= 0.3 is 0 Å². The molecule has 0 bridgehead atoms. The van der Waals surface area contributed by atoms with Crippen LogP contribution >= 0.6 is 0 Å². The highest BCUT2D eigenvalue weighted by atomic mass is 16.3. The molecule has 1 aliphatic carbocycles. The lowest BCUT2D eigenvalue weighted by Crippen LogP contribution is -2.28. The molecule has 0 amide bonds. The average molecular weight is 688 g/mol. The lowest BCUT2D eigenvalue weighted by molar-refractivity contribution is 0.655. The molecule has 2 aromatic heterocycles. The van der Waals surface area contributed by atoms with E-state index < -0.39 is 5.41 Å². The lowest BCUT2D eigenvalue weighted by Gasteiger charge is -2.34. The molecule has 0 spiro atoms.